The van der Waals surface area contributed by atoms with Crippen LogP contribution in [0.15, 0.2) is 46.0 Å². The lowest BCUT2D eigenvalue weighted by Gasteiger charge is -2.31. The summed E-state index contributed by atoms with van der Waals surface area (Å²) in [5.41, 5.74) is 5.29. The highest BCUT2D eigenvalue weighted by Gasteiger charge is 2.37. The minimum absolute atomic E-state index is 0.0859. The lowest BCUT2D eigenvalue weighted by molar-refractivity contribution is -0.142. The summed E-state index contributed by atoms with van der Waals surface area (Å²) in [5.74, 6) is 0.852. The highest BCUT2D eigenvalue weighted by Crippen LogP contribution is 2.40. The van der Waals surface area contributed by atoms with Gasteiger partial charge in [0, 0.05) is 62.3 Å². The molecule has 1 aliphatic carbocycles. The zero-order valence-corrected chi connectivity index (χ0v) is 23.8. The molecule has 0 saturated heterocycles. The van der Waals surface area contributed by atoms with Crippen LogP contribution in [0.2, 0.25) is 0 Å². The summed E-state index contributed by atoms with van der Waals surface area (Å²) in [6.07, 6.45) is 5.22. The van der Waals surface area contributed by atoms with Crippen LogP contribution in [0.25, 0.3) is 11.1 Å². The van der Waals surface area contributed by atoms with Gasteiger partial charge in [-0.15, -0.1) is 0 Å². The van der Waals surface area contributed by atoms with Crippen molar-refractivity contribution in [3.63, 3.8) is 0 Å². The van der Waals surface area contributed by atoms with E-state index in [1.54, 1.807) is 49.5 Å². The van der Waals surface area contributed by atoms with Crippen LogP contribution >= 0.6 is 0 Å². The van der Waals surface area contributed by atoms with Gasteiger partial charge in [-0.2, -0.15) is 0 Å². The molecule has 0 unspecified atom stereocenters. The zero-order chi connectivity index (χ0) is 29.1. The Hall–Kier alpha value is -4.67. The van der Waals surface area contributed by atoms with Gasteiger partial charge in [0.05, 0.1) is 0 Å². The first-order valence-corrected chi connectivity index (χ1v) is 13.6. The number of carbonyl (C=O) groups excluding carboxylic acids is 2. The lowest BCUT2D eigenvalue weighted by Crippen LogP contribution is -2.41. The topological polar surface area (TPSA) is 124 Å². The van der Waals surface area contributed by atoms with Gasteiger partial charge in [-0.3, -0.25) is 19.3 Å². The second-order valence-electron chi connectivity index (χ2n) is 11.6. The predicted octanol–water partition coefficient (Wildman–Crippen LogP) is 4.14. The number of pyridine rings is 2. The molecule has 0 bridgehead atoms. The fourth-order valence-electron chi connectivity index (χ4n) is 5.93. The van der Waals surface area contributed by atoms with Gasteiger partial charge in [-0.25, -0.2) is 4.98 Å². The van der Waals surface area contributed by atoms with Crippen LogP contribution in [-0.2, 0) is 42.6 Å². The Morgan fingerprint density at radius 1 is 1.17 bits per heavy atom. The molecule has 0 fully saturated rings. The summed E-state index contributed by atoms with van der Waals surface area (Å²) in [4.78, 5) is 45.0. The number of fused-ring (bicyclic) bond motifs is 3. The molecule has 11 heteroatoms. The van der Waals surface area contributed by atoms with Gasteiger partial charge in [0.1, 0.15) is 29.6 Å². The summed E-state index contributed by atoms with van der Waals surface area (Å²) >= 11 is 0. The number of nitrogens with zero attached hydrogens (tertiary/aromatic N) is 5. The van der Waals surface area contributed by atoms with Gasteiger partial charge >= 0.3 is 5.97 Å². The van der Waals surface area contributed by atoms with E-state index in [0.29, 0.717) is 58.6 Å². The zero-order valence-electron chi connectivity index (χ0n) is 23.8. The number of hydrogen-bond acceptors (Lipinski definition) is 8. The molecule has 0 spiro atoms. The summed E-state index contributed by atoms with van der Waals surface area (Å²) in [5, 5.41) is 6.96. The van der Waals surface area contributed by atoms with Crippen molar-refractivity contribution in [1.29, 1.82) is 0 Å². The molecule has 0 aromatic carbocycles. The standard InChI is InChI=1S/C30H32N6O5/c1-17-10-26(33-41-17)32-23-11-20(15-34(5)28(23)38)21-6-7-31-27(22(21)16-40-18(2)37)36-9-8-35-24(29(36)39)12-19-13-30(3,4)14-25(19)35/h6-7,10-12,15H,8-9,13-14,16H2,1-5H3,(H,32,33). The molecule has 2 aliphatic rings. The van der Waals surface area contributed by atoms with Gasteiger partial charge in [0.25, 0.3) is 11.5 Å². The molecule has 41 heavy (non-hydrogen) atoms. The van der Waals surface area contributed by atoms with Crippen LogP contribution < -0.4 is 15.8 Å². The quantitative estimate of drug-likeness (QED) is 0.352. The van der Waals surface area contributed by atoms with Gasteiger partial charge in [0.15, 0.2) is 5.82 Å². The van der Waals surface area contributed by atoms with Gasteiger partial charge in [0.2, 0.25) is 0 Å². The van der Waals surface area contributed by atoms with Crippen molar-refractivity contribution in [3.8, 4) is 11.1 Å². The largest absolute Gasteiger partial charge is 0.461 e. The molecule has 6 rings (SSSR count). The number of nitrogens with one attached hydrogen (secondary N) is 1. The predicted molar refractivity (Wildman–Crippen MR) is 152 cm³/mol. The molecule has 1 aliphatic heterocycles. The fourth-order valence-corrected chi connectivity index (χ4v) is 5.93. The highest BCUT2D eigenvalue weighted by atomic mass is 16.5. The maximum atomic E-state index is 13.9. The van der Waals surface area contributed by atoms with E-state index in [9.17, 15) is 14.4 Å². The fraction of sp³-hybridized carbons (Fsp3) is 0.367. The normalized spacial score (nSPS) is 15.5. The average molecular weight is 557 g/mol. The van der Waals surface area contributed by atoms with E-state index in [1.165, 1.54) is 22.7 Å². The lowest BCUT2D eigenvalue weighted by atomic mass is 9.90. The van der Waals surface area contributed by atoms with E-state index in [4.69, 9.17) is 9.26 Å². The minimum atomic E-state index is -0.451. The van der Waals surface area contributed by atoms with Gasteiger partial charge in [-0.05, 0) is 54.5 Å². The monoisotopic (exact) mass is 556 g/mol. The first-order valence-electron chi connectivity index (χ1n) is 13.6. The Morgan fingerprint density at radius 3 is 2.71 bits per heavy atom. The molecule has 0 saturated carbocycles. The first kappa shape index (κ1) is 26.5. The minimum Gasteiger partial charge on any atom is -0.461 e. The molecular weight excluding hydrogens is 524 g/mol. The van der Waals surface area contributed by atoms with E-state index < -0.39 is 5.97 Å². The van der Waals surface area contributed by atoms with Crippen LogP contribution in [-0.4, -0.2) is 37.7 Å². The summed E-state index contributed by atoms with van der Waals surface area (Å²) < 4.78 is 14.2. The van der Waals surface area contributed by atoms with Crippen LogP contribution in [0.5, 0.6) is 0 Å². The highest BCUT2D eigenvalue weighted by molar-refractivity contribution is 6.06. The third-order valence-electron chi connectivity index (χ3n) is 7.72. The second-order valence-corrected chi connectivity index (χ2v) is 11.6. The Labute approximate surface area is 236 Å². The molecule has 4 aromatic heterocycles. The third-order valence-corrected chi connectivity index (χ3v) is 7.72. The summed E-state index contributed by atoms with van der Waals surface area (Å²) in [6.45, 7) is 8.60. The van der Waals surface area contributed by atoms with E-state index in [-0.39, 0.29) is 23.5 Å². The number of hydrogen-bond donors (Lipinski definition) is 1. The van der Waals surface area contributed by atoms with Crippen molar-refractivity contribution in [2.45, 2.75) is 53.7 Å². The number of anilines is 3. The molecular formula is C30H32N6O5. The Kier molecular flexibility index (Phi) is 6.32. The van der Waals surface area contributed by atoms with E-state index in [2.05, 4.69) is 33.9 Å². The molecule has 1 amide bonds. The molecule has 4 aromatic rings. The molecule has 0 radical (unpaired) electrons. The second kappa shape index (κ2) is 9.76. The van der Waals surface area contributed by atoms with E-state index in [1.807, 2.05) is 6.07 Å². The number of aryl methyl sites for hydroxylation is 2. The van der Waals surface area contributed by atoms with Crippen molar-refractivity contribution >= 4 is 29.2 Å². The Bertz CT molecular complexity index is 1760. The van der Waals surface area contributed by atoms with Crippen LogP contribution in [0, 0.1) is 12.3 Å². The van der Waals surface area contributed by atoms with Crippen LogP contribution in [0.1, 0.15) is 53.8 Å². The first-order chi connectivity index (χ1) is 19.5. The number of carbonyl (C=O) groups is 2. The molecule has 5 heterocycles. The number of aromatic nitrogens is 4. The van der Waals surface area contributed by atoms with Crippen molar-refractivity contribution in [2.75, 3.05) is 16.8 Å². The van der Waals surface area contributed by atoms with Crippen molar-refractivity contribution in [1.82, 2.24) is 19.3 Å². The van der Waals surface area contributed by atoms with Crippen molar-refractivity contribution in [3.05, 3.63) is 75.3 Å². The third kappa shape index (κ3) is 4.81. The van der Waals surface area contributed by atoms with E-state index >= 15 is 0 Å². The molecule has 0 atom stereocenters. The number of rotatable bonds is 6. The van der Waals surface area contributed by atoms with Gasteiger partial charge in [-0.1, -0.05) is 19.0 Å². The summed E-state index contributed by atoms with van der Waals surface area (Å²) in [6, 6.07) is 7.21. The molecule has 212 valence electrons. The number of amides is 1. The SMILES string of the molecule is CC(=O)OCc1c(-c2cc(Nc3cc(C)on3)c(=O)n(C)c2)ccnc1N1CCn2c(cc3c2CC(C)(C)C3)C1=O. The molecule has 1 N–H and O–H groups in total. The maximum absolute atomic E-state index is 13.9. The number of esters is 1. The van der Waals surface area contributed by atoms with E-state index in [0.717, 1.165) is 12.8 Å². The van der Waals surface area contributed by atoms with Crippen LogP contribution in [0.4, 0.5) is 17.3 Å². The number of ether oxygens (including phenoxy) is 1. The van der Waals surface area contributed by atoms with Gasteiger partial charge < -0.3 is 23.7 Å². The Balaban J connectivity index is 1.42. The smallest absolute Gasteiger partial charge is 0.302 e. The maximum Gasteiger partial charge on any atom is 0.302 e. The van der Waals surface area contributed by atoms with Crippen LogP contribution in [0.3, 0.4) is 0 Å². The van der Waals surface area contributed by atoms with Crippen molar-refractivity contribution in [2.24, 2.45) is 12.5 Å². The Morgan fingerprint density at radius 2 is 1.98 bits per heavy atom. The molecule has 11 nitrogen and oxygen atoms in total. The summed E-state index contributed by atoms with van der Waals surface area (Å²) in [7, 11) is 1.65. The van der Waals surface area contributed by atoms with Crippen molar-refractivity contribution < 1.29 is 18.8 Å². The average Bonchev–Trinajstić information content (AvgIpc) is 3.57.